The molecule has 0 bridgehead atoms. The molecule has 0 aromatic carbocycles. The number of carbonyl (C=O) groups excluding carboxylic acids is 1. The lowest BCUT2D eigenvalue weighted by molar-refractivity contribution is -0.384. The van der Waals surface area contributed by atoms with Crippen LogP contribution in [0.25, 0.3) is 0 Å². The van der Waals surface area contributed by atoms with Gasteiger partial charge in [0.1, 0.15) is 5.60 Å². The van der Waals surface area contributed by atoms with E-state index >= 15 is 0 Å². The number of carboxylic acids is 1. The molecule has 9 nitrogen and oxygen atoms in total. The molecule has 0 aliphatic heterocycles. The summed E-state index contributed by atoms with van der Waals surface area (Å²) in [6.07, 6.45) is -0.0106. The topological polar surface area (TPSA) is 123 Å². The number of rotatable bonds is 5. The van der Waals surface area contributed by atoms with Gasteiger partial charge in [-0.1, -0.05) is 0 Å². The first kappa shape index (κ1) is 17.3. The minimum absolute atomic E-state index is 0.247. The molecule has 22 heavy (non-hydrogen) atoms. The molecule has 1 aromatic heterocycles. The van der Waals surface area contributed by atoms with Crippen molar-refractivity contribution in [1.29, 1.82) is 0 Å². The number of pyridine rings is 1. The second kappa shape index (κ2) is 6.83. The fourth-order valence-electron chi connectivity index (χ4n) is 1.55. The Morgan fingerprint density at radius 1 is 1.45 bits per heavy atom. The largest absolute Gasteiger partial charge is 0.481 e. The molecule has 1 N–H and O–H groups in total. The van der Waals surface area contributed by atoms with Crippen molar-refractivity contribution in [2.75, 3.05) is 11.4 Å². The number of hydrogen-bond acceptors (Lipinski definition) is 6. The summed E-state index contributed by atoms with van der Waals surface area (Å²) in [5, 5.41) is 19.8. The van der Waals surface area contributed by atoms with Crippen molar-refractivity contribution < 1.29 is 24.4 Å². The van der Waals surface area contributed by atoms with E-state index in [9.17, 15) is 19.7 Å². The first-order valence-corrected chi connectivity index (χ1v) is 6.43. The van der Waals surface area contributed by atoms with E-state index in [1.807, 2.05) is 0 Å². The fourth-order valence-corrected chi connectivity index (χ4v) is 1.55. The minimum atomic E-state index is -1.15. The van der Waals surface area contributed by atoms with Gasteiger partial charge in [0, 0.05) is 18.8 Å². The molecule has 0 atom stereocenters. The van der Waals surface area contributed by atoms with Gasteiger partial charge >= 0.3 is 17.7 Å². The maximum atomic E-state index is 12.2. The van der Waals surface area contributed by atoms with Crippen LogP contribution in [0.5, 0.6) is 0 Å². The number of carboxylic acid groups (broad SMARTS) is 1. The molecular weight excluding hydrogens is 294 g/mol. The van der Waals surface area contributed by atoms with Crippen LogP contribution in [0.2, 0.25) is 0 Å². The molecule has 0 saturated heterocycles. The fraction of sp³-hybridized carbons (Fsp3) is 0.462. The number of anilines is 1. The second-order valence-electron chi connectivity index (χ2n) is 5.38. The molecule has 1 aromatic rings. The van der Waals surface area contributed by atoms with Crippen molar-refractivity contribution in [3.8, 4) is 0 Å². The molecule has 1 amide bonds. The molecule has 1 rings (SSSR count). The molecule has 0 radical (unpaired) electrons. The van der Waals surface area contributed by atoms with Crippen molar-refractivity contribution in [3.05, 3.63) is 28.4 Å². The zero-order valence-corrected chi connectivity index (χ0v) is 12.5. The molecule has 0 spiro atoms. The molecule has 0 saturated carbocycles. The number of carbonyl (C=O) groups is 2. The van der Waals surface area contributed by atoms with Gasteiger partial charge < -0.3 is 9.84 Å². The quantitative estimate of drug-likeness (QED) is 0.653. The summed E-state index contributed by atoms with van der Waals surface area (Å²) >= 11 is 0. The number of nitrogens with zero attached hydrogens (tertiary/aromatic N) is 3. The van der Waals surface area contributed by atoms with Crippen LogP contribution in [-0.2, 0) is 9.53 Å². The Balaban J connectivity index is 3.17. The van der Waals surface area contributed by atoms with Crippen LogP contribution in [0, 0.1) is 10.1 Å². The number of nitro groups is 1. The lowest BCUT2D eigenvalue weighted by Crippen LogP contribution is -2.39. The lowest BCUT2D eigenvalue weighted by atomic mass is 10.2. The first-order chi connectivity index (χ1) is 10.1. The van der Waals surface area contributed by atoms with Crippen molar-refractivity contribution >= 4 is 23.6 Å². The molecule has 9 heteroatoms. The predicted molar refractivity (Wildman–Crippen MR) is 76.7 cm³/mol. The van der Waals surface area contributed by atoms with E-state index in [1.165, 1.54) is 18.3 Å². The number of ether oxygens (including phenoxy) is 1. The van der Waals surface area contributed by atoms with Crippen LogP contribution in [-0.4, -0.2) is 39.2 Å². The lowest BCUT2D eigenvalue weighted by Gasteiger charge is -2.26. The van der Waals surface area contributed by atoms with Crippen LogP contribution in [0.1, 0.15) is 27.2 Å². The molecule has 0 unspecified atom stereocenters. The third-order valence-corrected chi connectivity index (χ3v) is 2.38. The van der Waals surface area contributed by atoms with Gasteiger partial charge in [-0.2, -0.15) is 0 Å². The van der Waals surface area contributed by atoms with Crippen LogP contribution in [0.3, 0.4) is 0 Å². The van der Waals surface area contributed by atoms with Crippen LogP contribution >= 0.6 is 0 Å². The average Bonchev–Trinajstić information content (AvgIpc) is 2.36. The SMILES string of the molecule is CC(C)(C)OC(=O)N(CCC(=O)O)c1ncccc1[N+](=O)[O-]. The Morgan fingerprint density at radius 3 is 2.59 bits per heavy atom. The number of amides is 1. The van der Waals surface area contributed by atoms with Gasteiger partial charge in [-0.3, -0.25) is 19.8 Å². The van der Waals surface area contributed by atoms with Gasteiger partial charge in [-0.25, -0.2) is 9.78 Å². The van der Waals surface area contributed by atoms with Crippen molar-refractivity contribution in [1.82, 2.24) is 4.98 Å². The van der Waals surface area contributed by atoms with Gasteiger partial charge in [0.15, 0.2) is 0 Å². The number of aliphatic carboxylic acids is 1. The molecule has 0 fully saturated rings. The monoisotopic (exact) mass is 311 g/mol. The highest BCUT2D eigenvalue weighted by Crippen LogP contribution is 2.26. The van der Waals surface area contributed by atoms with E-state index in [2.05, 4.69) is 4.98 Å². The Kier molecular flexibility index (Phi) is 5.39. The van der Waals surface area contributed by atoms with Gasteiger partial charge in [0.2, 0.25) is 5.82 Å². The smallest absolute Gasteiger partial charge is 0.416 e. The summed E-state index contributed by atoms with van der Waals surface area (Å²) in [6, 6.07) is 2.53. The maximum absolute atomic E-state index is 12.2. The average molecular weight is 311 g/mol. The van der Waals surface area contributed by atoms with Crippen LogP contribution < -0.4 is 4.90 Å². The molecule has 0 aliphatic rings. The standard InChI is InChI=1S/C13H17N3O6/c1-13(2,3)22-12(19)15(8-6-10(17)18)11-9(16(20)21)5-4-7-14-11/h4-5,7H,6,8H2,1-3H3,(H,17,18). The van der Waals surface area contributed by atoms with Crippen LogP contribution in [0.15, 0.2) is 18.3 Å². The highest BCUT2D eigenvalue weighted by molar-refractivity contribution is 5.89. The summed E-state index contributed by atoms with van der Waals surface area (Å²) in [5.74, 6) is -1.39. The Bertz CT molecular complexity index is 581. The van der Waals surface area contributed by atoms with E-state index in [-0.39, 0.29) is 12.4 Å². The normalized spacial score (nSPS) is 10.9. The van der Waals surface area contributed by atoms with Crippen molar-refractivity contribution in [2.24, 2.45) is 0 Å². The molecule has 0 aliphatic carbocycles. The summed E-state index contributed by atoms with van der Waals surface area (Å²) < 4.78 is 5.15. The minimum Gasteiger partial charge on any atom is -0.481 e. The van der Waals surface area contributed by atoms with Gasteiger partial charge in [0.25, 0.3) is 0 Å². The predicted octanol–water partition coefficient (Wildman–Crippen LogP) is 2.21. The second-order valence-corrected chi connectivity index (χ2v) is 5.38. The van der Waals surface area contributed by atoms with E-state index in [1.54, 1.807) is 20.8 Å². The highest BCUT2D eigenvalue weighted by atomic mass is 16.6. The summed E-state index contributed by atoms with van der Waals surface area (Å²) in [6.45, 7) is 4.61. The first-order valence-electron chi connectivity index (χ1n) is 6.43. The number of aromatic nitrogens is 1. The van der Waals surface area contributed by atoms with Crippen LogP contribution in [0.4, 0.5) is 16.3 Å². The Hall–Kier alpha value is -2.71. The maximum Gasteiger partial charge on any atom is 0.416 e. The third kappa shape index (κ3) is 5.00. The van der Waals surface area contributed by atoms with E-state index in [4.69, 9.17) is 9.84 Å². The zero-order valence-electron chi connectivity index (χ0n) is 12.5. The van der Waals surface area contributed by atoms with E-state index < -0.39 is 34.7 Å². The molecular formula is C13H17N3O6. The van der Waals surface area contributed by atoms with E-state index in [0.717, 1.165) is 4.90 Å². The summed E-state index contributed by atoms with van der Waals surface area (Å²) in [7, 11) is 0. The third-order valence-electron chi connectivity index (χ3n) is 2.38. The highest BCUT2D eigenvalue weighted by Gasteiger charge is 2.29. The van der Waals surface area contributed by atoms with Gasteiger partial charge in [0.05, 0.1) is 11.3 Å². The number of hydrogen-bond donors (Lipinski definition) is 1. The van der Waals surface area contributed by atoms with Gasteiger partial charge in [-0.15, -0.1) is 0 Å². The summed E-state index contributed by atoms with van der Waals surface area (Å²) in [4.78, 5) is 38.0. The Morgan fingerprint density at radius 2 is 2.09 bits per heavy atom. The zero-order chi connectivity index (χ0) is 16.9. The van der Waals surface area contributed by atoms with Gasteiger partial charge in [-0.05, 0) is 26.8 Å². The Labute approximate surface area is 126 Å². The van der Waals surface area contributed by atoms with Crippen molar-refractivity contribution in [2.45, 2.75) is 32.8 Å². The van der Waals surface area contributed by atoms with Crippen molar-refractivity contribution in [3.63, 3.8) is 0 Å². The van der Waals surface area contributed by atoms with E-state index in [0.29, 0.717) is 0 Å². The summed E-state index contributed by atoms with van der Waals surface area (Å²) in [5.41, 5.74) is -1.24. The molecule has 120 valence electrons. The molecule has 1 heterocycles.